The number of nitrogens with zero attached hydrogens (tertiary/aromatic N) is 3. The zero-order chi connectivity index (χ0) is 23.3. The normalized spacial score (nSPS) is 23.1. The number of H-pyrrole nitrogens is 1. The van der Waals surface area contributed by atoms with Crippen LogP contribution in [0.3, 0.4) is 0 Å². The molecule has 3 heterocycles. The van der Waals surface area contributed by atoms with Gasteiger partial charge in [0.1, 0.15) is 36.0 Å². The average molecular weight is 473 g/mol. The second-order valence-corrected chi connectivity index (χ2v) is 7.88. The molecule has 0 bridgehead atoms. The number of phosphoric acid groups is 1. The average Bonchev–Trinajstić information content (AvgIpc) is 3.32. The molecular weight excluding hydrogens is 452 g/mol. The fourth-order valence-electron chi connectivity index (χ4n) is 2.77. The van der Waals surface area contributed by atoms with Gasteiger partial charge >= 0.3 is 7.82 Å². The van der Waals surface area contributed by atoms with Crippen LogP contribution in [0.5, 0.6) is 0 Å². The van der Waals surface area contributed by atoms with Gasteiger partial charge in [0.25, 0.3) is 0 Å². The Morgan fingerprint density at radius 2 is 1.97 bits per heavy atom. The van der Waals surface area contributed by atoms with Gasteiger partial charge in [-0.2, -0.15) is 0 Å². The van der Waals surface area contributed by atoms with E-state index >= 15 is 0 Å². The molecule has 1 aliphatic heterocycles. The predicted molar refractivity (Wildman–Crippen MR) is 106 cm³/mol. The van der Waals surface area contributed by atoms with Crippen molar-refractivity contribution in [3.8, 4) is 0 Å². The fourth-order valence-corrected chi connectivity index (χ4v) is 3.11. The van der Waals surface area contributed by atoms with Crippen LogP contribution in [0.15, 0.2) is 36.9 Å². The van der Waals surface area contributed by atoms with E-state index in [4.69, 9.17) is 25.1 Å². The highest BCUT2D eigenvalue weighted by Crippen LogP contribution is 2.37. The molecule has 2 aromatic heterocycles. The van der Waals surface area contributed by atoms with Gasteiger partial charge in [0.2, 0.25) is 0 Å². The van der Waals surface area contributed by atoms with E-state index in [1.165, 1.54) is 18.5 Å². The minimum atomic E-state index is -4.64. The van der Waals surface area contributed by atoms with E-state index in [0.29, 0.717) is 18.0 Å². The van der Waals surface area contributed by atoms with Crippen molar-refractivity contribution in [2.45, 2.75) is 31.1 Å². The molecule has 0 spiro atoms. The number of benzene rings is 1. The molecule has 1 unspecified atom stereocenters. The lowest BCUT2D eigenvalue weighted by Crippen LogP contribution is -2.34. The molecule has 0 saturated carbocycles. The SMILES string of the molecule is Fc1cccc(CNc2ncnc3nc[nH]c23)c1.O=P(O)(O)OC[C@H]1OC(O)[C@H](O)[C@@H]1O. The maximum absolute atomic E-state index is 13.0. The van der Waals surface area contributed by atoms with Gasteiger partial charge in [-0.25, -0.2) is 23.9 Å². The van der Waals surface area contributed by atoms with Gasteiger partial charge in [0.15, 0.2) is 17.8 Å². The number of phosphoric ester groups is 1. The first-order chi connectivity index (χ1) is 15.1. The summed E-state index contributed by atoms with van der Waals surface area (Å²) in [5.74, 6) is 0.408. The second kappa shape index (κ2) is 10.4. The molecule has 4 rings (SSSR count). The smallest absolute Gasteiger partial charge is 0.387 e. The maximum Gasteiger partial charge on any atom is 0.469 e. The van der Waals surface area contributed by atoms with Gasteiger partial charge in [0, 0.05) is 6.54 Å². The van der Waals surface area contributed by atoms with Crippen LogP contribution in [-0.4, -0.2) is 76.3 Å². The molecule has 1 aliphatic rings. The summed E-state index contributed by atoms with van der Waals surface area (Å²) in [5, 5.41) is 30.2. The van der Waals surface area contributed by atoms with Crippen LogP contribution in [0.2, 0.25) is 0 Å². The summed E-state index contributed by atoms with van der Waals surface area (Å²) in [4.78, 5) is 31.8. The third-order valence-electron chi connectivity index (χ3n) is 4.32. The van der Waals surface area contributed by atoms with Crippen LogP contribution in [0.4, 0.5) is 10.2 Å². The number of aromatic amines is 1. The van der Waals surface area contributed by atoms with Gasteiger partial charge < -0.3 is 40.1 Å². The first-order valence-electron chi connectivity index (χ1n) is 9.16. The molecule has 4 atom stereocenters. The molecule has 15 heteroatoms. The minimum Gasteiger partial charge on any atom is -0.387 e. The van der Waals surface area contributed by atoms with E-state index in [2.05, 4.69) is 34.5 Å². The standard InChI is InChI=1S/C12H10FN5.C5H11O8P/c13-9-3-1-2-8(4-9)5-14-11-10-12(16-6-15-10)18-7-17-11;6-3-2(1-12-14(9,10)11)13-5(8)4(3)7/h1-4,6-7H,5H2,(H2,14,15,16,17,18);2-8H,1H2,(H2,9,10,11)/t;2-,3-,4-,5?/m.1/s1. The van der Waals surface area contributed by atoms with Gasteiger partial charge in [0.05, 0.1) is 12.9 Å². The number of anilines is 1. The summed E-state index contributed by atoms with van der Waals surface area (Å²) >= 11 is 0. The molecule has 3 aromatic rings. The molecule has 1 aromatic carbocycles. The minimum absolute atomic E-state index is 0.247. The maximum atomic E-state index is 13.0. The summed E-state index contributed by atoms with van der Waals surface area (Å²) in [7, 11) is -4.64. The zero-order valence-electron chi connectivity index (χ0n) is 16.3. The third kappa shape index (κ3) is 6.48. The first kappa shape index (κ1) is 24.1. The van der Waals surface area contributed by atoms with E-state index in [0.717, 1.165) is 11.1 Å². The topological polar surface area (TPSA) is 203 Å². The molecular formula is C17H21FN5O8P. The van der Waals surface area contributed by atoms with Crippen LogP contribution in [0.1, 0.15) is 5.56 Å². The Morgan fingerprint density at radius 3 is 2.62 bits per heavy atom. The van der Waals surface area contributed by atoms with Gasteiger partial charge in [-0.05, 0) is 17.7 Å². The number of hydrogen-bond acceptors (Lipinski definition) is 10. The lowest BCUT2D eigenvalue weighted by molar-refractivity contribution is -0.132. The van der Waals surface area contributed by atoms with Crippen LogP contribution in [0.25, 0.3) is 11.2 Å². The molecule has 7 N–H and O–H groups in total. The van der Waals surface area contributed by atoms with Crippen molar-refractivity contribution in [1.29, 1.82) is 0 Å². The largest absolute Gasteiger partial charge is 0.469 e. The molecule has 0 aliphatic carbocycles. The zero-order valence-corrected chi connectivity index (χ0v) is 17.2. The monoisotopic (exact) mass is 473 g/mol. The number of halogens is 1. The Hall–Kier alpha value is -2.55. The number of ether oxygens (including phenoxy) is 1. The number of fused-ring (bicyclic) bond motifs is 1. The summed E-state index contributed by atoms with van der Waals surface area (Å²) in [6.07, 6.45) is -2.66. The predicted octanol–water partition coefficient (Wildman–Crippen LogP) is -0.361. The van der Waals surface area contributed by atoms with Gasteiger partial charge in [-0.15, -0.1) is 0 Å². The van der Waals surface area contributed by atoms with Crippen LogP contribution in [0, 0.1) is 5.82 Å². The Morgan fingerprint density at radius 1 is 1.19 bits per heavy atom. The lowest BCUT2D eigenvalue weighted by atomic mass is 10.1. The number of imidazole rings is 1. The van der Waals surface area contributed by atoms with Crippen molar-refractivity contribution in [3.05, 3.63) is 48.3 Å². The Bertz CT molecular complexity index is 1080. The van der Waals surface area contributed by atoms with E-state index in [-0.39, 0.29) is 5.82 Å². The number of aromatic nitrogens is 4. The van der Waals surface area contributed by atoms with Gasteiger partial charge in [-0.3, -0.25) is 4.52 Å². The number of nitrogens with one attached hydrogen (secondary N) is 2. The van der Waals surface area contributed by atoms with Crippen molar-refractivity contribution < 1.29 is 43.3 Å². The lowest BCUT2D eigenvalue weighted by Gasteiger charge is -2.14. The summed E-state index contributed by atoms with van der Waals surface area (Å²) in [6, 6.07) is 6.43. The molecule has 1 saturated heterocycles. The van der Waals surface area contributed by atoms with Crippen LogP contribution < -0.4 is 5.32 Å². The molecule has 0 amide bonds. The highest BCUT2D eigenvalue weighted by Gasteiger charge is 2.42. The van der Waals surface area contributed by atoms with Crippen LogP contribution in [-0.2, 0) is 20.4 Å². The number of hydrogen-bond donors (Lipinski definition) is 7. The Kier molecular flexibility index (Phi) is 7.82. The highest BCUT2D eigenvalue weighted by molar-refractivity contribution is 7.46. The number of aliphatic hydroxyl groups is 3. The second-order valence-electron chi connectivity index (χ2n) is 6.64. The Balaban J connectivity index is 0.000000188. The summed E-state index contributed by atoms with van der Waals surface area (Å²) in [5.41, 5.74) is 2.20. The third-order valence-corrected chi connectivity index (χ3v) is 4.80. The summed E-state index contributed by atoms with van der Waals surface area (Å²) in [6.45, 7) is -0.123. The Labute approximate surface area is 180 Å². The van der Waals surface area contributed by atoms with E-state index in [9.17, 15) is 8.96 Å². The van der Waals surface area contributed by atoms with E-state index < -0.39 is 39.0 Å². The van der Waals surface area contributed by atoms with E-state index in [1.807, 2.05) is 6.07 Å². The van der Waals surface area contributed by atoms with E-state index in [1.54, 1.807) is 12.4 Å². The molecule has 174 valence electrons. The molecule has 0 radical (unpaired) electrons. The van der Waals surface area contributed by atoms with Crippen molar-refractivity contribution in [2.75, 3.05) is 11.9 Å². The summed E-state index contributed by atoms with van der Waals surface area (Å²) < 4.78 is 31.9. The van der Waals surface area contributed by atoms with Crippen molar-refractivity contribution in [2.24, 2.45) is 0 Å². The van der Waals surface area contributed by atoms with Crippen LogP contribution >= 0.6 is 7.82 Å². The van der Waals surface area contributed by atoms with Gasteiger partial charge in [-0.1, -0.05) is 12.1 Å². The van der Waals surface area contributed by atoms with Crippen molar-refractivity contribution >= 4 is 24.8 Å². The highest BCUT2D eigenvalue weighted by atomic mass is 31.2. The molecule has 1 fully saturated rings. The molecule has 13 nitrogen and oxygen atoms in total. The quantitative estimate of drug-likeness (QED) is 0.229. The fraction of sp³-hybridized carbons (Fsp3) is 0.353. The number of rotatable bonds is 6. The number of aliphatic hydroxyl groups excluding tert-OH is 3. The van der Waals surface area contributed by atoms with Crippen molar-refractivity contribution in [3.63, 3.8) is 0 Å². The van der Waals surface area contributed by atoms with Crippen molar-refractivity contribution in [1.82, 2.24) is 19.9 Å². The molecule has 32 heavy (non-hydrogen) atoms. The first-order valence-corrected chi connectivity index (χ1v) is 10.7.